The number of rotatable bonds is 7. The number of nitro benzene ring substituents is 1. The number of carbonyl (C=O) groups is 2. The van der Waals surface area contributed by atoms with Gasteiger partial charge in [0.05, 0.1) is 11.5 Å². The van der Waals surface area contributed by atoms with Gasteiger partial charge in [0, 0.05) is 31.3 Å². The number of hydrogen-bond acceptors (Lipinski definition) is 5. The van der Waals surface area contributed by atoms with Crippen LogP contribution in [0.2, 0.25) is 0 Å². The average molecular weight is 334 g/mol. The number of anilines is 1. The molecular weight excluding hydrogens is 312 g/mol. The Balaban J connectivity index is 2.07. The van der Waals surface area contributed by atoms with Crippen molar-refractivity contribution >= 4 is 23.2 Å². The van der Waals surface area contributed by atoms with Crippen LogP contribution >= 0.6 is 0 Å². The maximum absolute atomic E-state index is 12.1. The van der Waals surface area contributed by atoms with Crippen molar-refractivity contribution in [1.29, 1.82) is 0 Å². The molecular formula is C16H22N4O4. The number of amides is 2. The molecule has 1 fully saturated rings. The smallest absolute Gasteiger partial charge is 0.293 e. The molecule has 1 aromatic carbocycles. The molecule has 1 aliphatic rings. The Morgan fingerprint density at radius 1 is 1.25 bits per heavy atom. The molecule has 8 nitrogen and oxygen atoms in total. The molecule has 1 heterocycles. The van der Waals surface area contributed by atoms with Crippen molar-refractivity contribution in [2.24, 2.45) is 0 Å². The van der Waals surface area contributed by atoms with Gasteiger partial charge in [-0.15, -0.1) is 0 Å². The molecule has 24 heavy (non-hydrogen) atoms. The lowest BCUT2D eigenvalue weighted by molar-refractivity contribution is -0.384. The van der Waals surface area contributed by atoms with E-state index in [1.807, 2.05) is 11.8 Å². The van der Waals surface area contributed by atoms with E-state index in [0.29, 0.717) is 12.2 Å². The highest BCUT2D eigenvalue weighted by Gasteiger charge is 2.23. The molecule has 0 radical (unpaired) electrons. The van der Waals surface area contributed by atoms with Crippen LogP contribution in [0.3, 0.4) is 0 Å². The van der Waals surface area contributed by atoms with Crippen molar-refractivity contribution in [3.8, 4) is 0 Å². The molecule has 0 aliphatic carbocycles. The lowest BCUT2D eigenvalue weighted by Gasteiger charge is -2.17. The van der Waals surface area contributed by atoms with Crippen LogP contribution in [-0.4, -0.2) is 42.9 Å². The molecule has 1 saturated heterocycles. The monoisotopic (exact) mass is 334 g/mol. The highest BCUT2D eigenvalue weighted by Crippen LogP contribution is 2.31. The fraction of sp³-hybridized carbons (Fsp3) is 0.500. The summed E-state index contributed by atoms with van der Waals surface area (Å²) in [5.41, 5.74) is 0.627. The number of nitro groups is 1. The number of benzene rings is 1. The number of carbonyl (C=O) groups excluding carboxylic acids is 2. The minimum atomic E-state index is -0.502. The van der Waals surface area contributed by atoms with Gasteiger partial charge in [-0.3, -0.25) is 19.7 Å². The van der Waals surface area contributed by atoms with E-state index in [4.69, 9.17) is 0 Å². The third-order valence-corrected chi connectivity index (χ3v) is 3.86. The Morgan fingerprint density at radius 3 is 2.58 bits per heavy atom. The van der Waals surface area contributed by atoms with Crippen LogP contribution in [0.4, 0.5) is 11.4 Å². The number of nitrogens with one attached hydrogen (secondary N) is 2. The molecule has 2 amide bonds. The third kappa shape index (κ3) is 4.43. The van der Waals surface area contributed by atoms with Crippen LogP contribution in [0.25, 0.3) is 0 Å². The van der Waals surface area contributed by atoms with E-state index in [2.05, 4.69) is 10.6 Å². The standard InChI is InChI=1S/C16H22N4O4/c1-2-7-17-15(21)11-18-16(22)12-5-6-13(14(10-12)20(23)24)19-8-3-4-9-19/h5-6,10H,2-4,7-9,11H2,1H3,(H,17,21)(H,18,22). The summed E-state index contributed by atoms with van der Waals surface area (Å²) in [6.07, 6.45) is 2.82. The minimum absolute atomic E-state index is 0.0833. The second-order valence-corrected chi connectivity index (χ2v) is 5.69. The lowest BCUT2D eigenvalue weighted by Crippen LogP contribution is -2.37. The summed E-state index contributed by atoms with van der Waals surface area (Å²) < 4.78 is 0. The number of nitrogens with zero attached hydrogens (tertiary/aromatic N) is 2. The van der Waals surface area contributed by atoms with E-state index >= 15 is 0 Å². The SMILES string of the molecule is CCCNC(=O)CNC(=O)c1ccc(N2CCCC2)c([N+](=O)[O-])c1. The predicted octanol–water partition coefficient (Wildman–Crippen LogP) is 1.45. The van der Waals surface area contributed by atoms with Gasteiger partial charge in [0.15, 0.2) is 0 Å². The van der Waals surface area contributed by atoms with Gasteiger partial charge in [-0.2, -0.15) is 0 Å². The Bertz CT molecular complexity index is 627. The molecule has 1 aliphatic heterocycles. The van der Waals surface area contributed by atoms with Crippen LogP contribution in [0.15, 0.2) is 18.2 Å². The molecule has 0 spiro atoms. The zero-order valence-electron chi connectivity index (χ0n) is 13.7. The largest absolute Gasteiger partial charge is 0.366 e. The maximum atomic E-state index is 12.1. The molecule has 2 N–H and O–H groups in total. The third-order valence-electron chi connectivity index (χ3n) is 3.86. The zero-order valence-corrected chi connectivity index (χ0v) is 13.7. The van der Waals surface area contributed by atoms with Crippen LogP contribution in [0, 0.1) is 10.1 Å². The summed E-state index contributed by atoms with van der Waals surface area (Å²) in [7, 11) is 0. The Hall–Kier alpha value is -2.64. The van der Waals surface area contributed by atoms with Crippen LogP contribution in [-0.2, 0) is 4.79 Å². The lowest BCUT2D eigenvalue weighted by atomic mass is 10.1. The summed E-state index contributed by atoms with van der Waals surface area (Å²) >= 11 is 0. The molecule has 130 valence electrons. The first kappa shape index (κ1) is 17.7. The van der Waals surface area contributed by atoms with Gasteiger partial charge in [0.2, 0.25) is 5.91 Å². The second kappa shape index (κ2) is 8.28. The molecule has 0 unspecified atom stereocenters. The zero-order chi connectivity index (χ0) is 17.5. The van der Waals surface area contributed by atoms with Crippen molar-refractivity contribution in [2.75, 3.05) is 31.1 Å². The van der Waals surface area contributed by atoms with Gasteiger partial charge in [0.1, 0.15) is 5.69 Å². The van der Waals surface area contributed by atoms with E-state index in [9.17, 15) is 19.7 Å². The quantitative estimate of drug-likeness (QED) is 0.580. The molecule has 2 rings (SSSR count). The van der Waals surface area contributed by atoms with Crippen LogP contribution in [0.1, 0.15) is 36.5 Å². The molecule has 0 aromatic heterocycles. The number of hydrogen-bond donors (Lipinski definition) is 2. The van der Waals surface area contributed by atoms with E-state index in [1.54, 1.807) is 12.1 Å². The summed E-state index contributed by atoms with van der Waals surface area (Å²) in [5, 5.41) is 16.4. The molecule has 8 heteroatoms. The maximum Gasteiger partial charge on any atom is 0.293 e. The van der Waals surface area contributed by atoms with Crippen molar-refractivity contribution in [1.82, 2.24) is 10.6 Å². The van der Waals surface area contributed by atoms with Gasteiger partial charge < -0.3 is 15.5 Å². The highest BCUT2D eigenvalue weighted by molar-refractivity contribution is 5.97. The summed E-state index contributed by atoms with van der Waals surface area (Å²) in [6, 6.07) is 4.43. The highest BCUT2D eigenvalue weighted by atomic mass is 16.6. The van der Waals surface area contributed by atoms with Gasteiger partial charge in [-0.25, -0.2) is 0 Å². The normalized spacial score (nSPS) is 13.6. The first-order valence-corrected chi connectivity index (χ1v) is 8.11. The predicted molar refractivity (Wildman–Crippen MR) is 90.2 cm³/mol. The van der Waals surface area contributed by atoms with Gasteiger partial charge in [-0.05, 0) is 31.4 Å². The first-order valence-electron chi connectivity index (χ1n) is 8.11. The molecule has 0 saturated carbocycles. The Labute approximate surface area is 140 Å². The minimum Gasteiger partial charge on any atom is -0.366 e. The fourth-order valence-electron chi connectivity index (χ4n) is 2.63. The summed E-state index contributed by atoms with van der Waals surface area (Å²) in [6.45, 7) is 3.89. The second-order valence-electron chi connectivity index (χ2n) is 5.69. The van der Waals surface area contributed by atoms with Crippen molar-refractivity contribution in [3.63, 3.8) is 0 Å². The van der Waals surface area contributed by atoms with Crippen LogP contribution < -0.4 is 15.5 Å². The van der Waals surface area contributed by atoms with Gasteiger partial charge in [0.25, 0.3) is 11.6 Å². The molecule has 0 atom stereocenters. The summed E-state index contributed by atoms with van der Waals surface area (Å²) in [4.78, 5) is 36.4. The van der Waals surface area contributed by atoms with Gasteiger partial charge in [-0.1, -0.05) is 6.92 Å². The van der Waals surface area contributed by atoms with Crippen LogP contribution in [0.5, 0.6) is 0 Å². The van der Waals surface area contributed by atoms with Crippen molar-refractivity contribution in [2.45, 2.75) is 26.2 Å². The van der Waals surface area contributed by atoms with Crippen molar-refractivity contribution in [3.05, 3.63) is 33.9 Å². The first-order chi connectivity index (χ1) is 11.5. The topological polar surface area (TPSA) is 105 Å². The average Bonchev–Trinajstić information content (AvgIpc) is 3.11. The van der Waals surface area contributed by atoms with E-state index in [-0.39, 0.29) is 23.7 Å². The van der Waals surface area contributed by atoms with Crippen molar-refractivity contribution < 1.29 is 14.5 Å². The summed E-state index contributed by atoms with van der Waals surface area (Å²) in [5.74, 6) is -0.786. The van der Waals surface area contributed by atoms with E-state index in [1.165, 1.54) is 6.07 Å². The van der Waals surface area contributed by atoms with E-state index < -0.39 is 10.8 Å². The molecule has 0 bridgehead atoms. The fourth-order valence-corrected chi connectivity index (χ4v) is 2.63. The molecule has 1 aromatic rings. The Kier molecular flexibility index (Phi) is 6.11. The van der Waals surface area contributed by atoms with Gasteiger partial charge >= 0.3 is 0 Å². The van der Waals surface area contributed by atoms with E-state index in [0.717, 1.165) is 32.4 Å². The Morgan fingerprint density at radius 2 is 1.96 bits per heavy atom.